The van der Waals surface area contributed by atoms with E-state index in [1.165, 1.54) is 0 Å². The van der Waals surface area contributed by atoms with Crippen molar-refractivity contribution in [2.75, 3.05) is 29.2 Å². The fourth-order valence-corrected chi connectivity index (χ4v) is 2.25. The highest BCUT2D eigenvalue weighted by Gasteiger charge is 2.31. The molecule has 0 radical (unpaired) electrons. The molecule has 20 heavy (non-hydrogen) atoms. The summed E-state index contributed by atoms with van der Waals surface area (Å²) in [5, 5.41) is 5.85. The number of aromatic nitrogens is 1. The minimum absolute atomic E-state index is 0.0768. The number of thioether (sulfide) groups is 1. The third-order valence-electron chi connectivity index (χ3n) is 2.66. The summed E-state index contributed by atoms with van der Waals surface area (Å²) in [6.45, 7) is 4.27. The molecule has 1 unspecified atom stereocenters. The topological polar surface area (TPSA) is 37.0 Å². The Balaban J connectivity index is 2.91. The Morgan fingerprint density at radius 3 is 2.50 bits per heavy atom. The van der Waals surface area contributed by atoms with E-state index in [0.717, 1.165) is 24.3 Å². The van der Waals surface area contributed by atoms with E-state index < -0.39 is 11.7 Å². The second-order valence-corrected chi connectivity index (χ2v) is 5.47. The Morgan fingerprint density at radius 1 is 1.30 bits per heavy atom. The Labute approximate surface area is 121 Å². The summed E-state index contributed by atoms with van der Waals surface area (Å²) in [5.41, 5.74) is -0.692. The van der Waals surface area contributed by atoms with Crippen molar-refractivity contribution in [3.63, 3.8) is 0 Å². The molecule has 1 aromatic rings. The number of halogens is 3. The maximum absolute atomic E-state index is 12.8. The van der Waals surface area contributed by atoms with Crippen molar-refractivity contribution in [3.05, 3.63) is 17.7 Å². The van der Waals surface area contributed by atoms with Crippen LogP contribution in [0.4, 0.5) is 24.8 Å². The third kappa shape index (κ3) is 5.48. The van der Waals surface area contributed by atoms with Crippen LogP contribution in [-0.4, -0.2) is 29.6 Å². The lowest BCUT2D eigenvalue weighted by Gasteiger charge is -2.17. The van der Waals surface area contributed by atoms with Gasteiger partial charge in [-0.3, -0.25) is 0 Å². The quantitative estimate of drug-likeness (QED) is 0.795. The van der Waals surface area contributed by atoms with Gasteiger partial charge in [0, 0.05) is 12.6 Å². The van der Waals surface area contributed by atoms with Crippen LogP contribution >= 0.6 is 11.8 Å². The van der Waals surface area contributed by atoms with Gasteiger partial charge in [0.2, 0.25) is 0 Å². The van der Waals surface area contributed by atoms with Gasteiger partial charge in [-0.05, 0) is 44.4 Å². The maximum atomic E-state index is 12.8. The predicted molar refractivity (Wildman–Crippen MR) is 79.5 cm³/mol. The number of hydrogen-bond acceptors (Lipinski definition) is 4. The first-order valence-corrected chi connectivity index (χ1v) is 7.84. The van der Waals surface area contributed by atoms with E-state index in [4.69, 9.17) is 0 Å². The van der Waals surface area contributed by atoms with Crippen molar-refractivity contribution in [1.82, 2.24) is 4.98 Å². The lowest BCUT2D eigenvalue weighted by atomic mass is 10.2. The zero-order valence-corrected chi connectivity index (χ0v) is 12.7. The lowest BCUT2D eigenvalue weighted by Crippen LogP contribution is -2.18. The third-order valence-corrected chi connectivity index (χ3v) is 3.30. The molecule has 0 aliphatic heterocycles. The zero-order valence-electron chi connectivity index (χ0n) is 11.8. The summed E-state index contributed by atoms with van der Waals surface area (Å²) in [4.78, 5) is 4.16. The Bertz CT molecular complexity index is 424. The SMILES string of the molecule is CCNc1cc(C(F)(F)F)cc(NC(C)CCSC)n1. The molecule has 0 aromatic carbocycles. The van der Waals surface area contributed by atoms with Crippen LogP contribution in [0.5, 0.6) is 0 Å². The van der Waals surface area contributed by atoms with Gasteiger partial charge in [0.05, 0.1) is 5.56 Å². The largest absolute Gasteiger partial charge is 0.416 e. The average molecular weight is 307 g/mol. The number of nitrogens with one attached hydrogen (secondary N) is 2. The van der Waals surface area contributed by atoms with Gasteiger partial charge in [-0.1, -0.05) is 0 Å². The molecule has 0 aliphatic rings. The molecule has 0 saturated heterocycles. The Hall–Kier alpha value is -1.11. The summed E-state index contributed by atoms with van der Waals surface area (Å²) >= 11 is 1.71. The first-order chi connectivity index (χ1) is 9.36. The van der Waals surface area contributed by atoms with Crippen molar-refractivity contribution in [2.24, 2.45) is 0 Å². The van der Waals surface area contributed by atoms with Crippen LogP contribution in [0, 0.1) is 0 Å². The summed E-state index contributed by atoms with van der Waals surface area (Å²) < 4.78 is 38.5. The highest BCUT2D eigenvalue weighted by molar-refractivity contribution is 7.98. The molecule has 1 heterocycles. The van der Waals surface area contributed by atoms with E-state index in [1.54, 1.807) is 11.8 Å². The van der Waals surface area contributed by atoms with Crippen molar-refractivity contribution < 1.29 is 13.2 Å². The van der Waals surface area contributed by atoms with Gasteiger partial charge in [-0.2, -0.15) is 24.9 Å². The summed E-state index contributed by atoms with van der Waals surface area (Å²) in [6, 6.07) is 2.16. The monoisotopic (exact) mass is 307 g/mol. The van der Waals surface area contributed by atoms with Gasteiger partial charge in [-0.15, -0.1) is 0 Å². The van der Waals surface area contributed by atoms with Crippen LogP contribution in [-0.2, 0) is 6.18 Å². The smallest absolute Gasteiger partial charge is 0.370 e. The van der Waals surface area contributed by atoms with Gasteiger partial charge in [0.25, 0.3) is 0 Å². The Morgan fingerprint density at radius 2 is 1.95 bits per heavy atom. The van der Waals surface area contributed by atoms with E-state index in [1.807, 2.05) is 20.1 Å². The summed E-state index contributed by atoms with van der Waals surface area (Å²) in [5.74, 6) is 1.44. The average Bonchev–Trinajstić information content (AvgIpc) is 2.35. The van der Waals surface area contributed by atoms with Gasteiger partial charge in [-0.25, -0.2) is 4.98 Å². The molecule has 1 rings (SSSR count). The Kier molecular flexibility index (Phi) is 6.45. The van der Waals surface area contributed by atoms with Crippen LogP contribution in [0.2, 0.25) is 0 Å². The molecule has 2 N–H and O–H groups in total. The van der Waals surface area contributed by atoms with Crippen molar-refractivity contribution in [1.29, 1.82) is 0 Å². The first kappa shape index (κ1) is 16.9. The molecule has 0 amide bonds. The predicted octanol–water partition coefficient (Wildman–Crippen LogP) is 4.09. The molecule has 114 valence electrons. The molecule has 1 atom stereocenters. The van der Waals surface area contributed by atoms with E-state index >= 15 is 0 Å². The fraction of sp³-hybridized carbons (Fsp3) is 0.615. The highest BCUT2D eigenvalue weighted by Crippen LogP contribution is 2.32. The zero-order chi connectivity index (χ0) is 15.2. The molecule has 0 fully saturated rings. The second kappa shape index (κ2) is 7.61. The van der Waals surface area contributed by atoms with Gasteiger partial charge < -0.3 is 10.6 Å². The molecule has 7 heteroatoms. The minimum atomic E-state index is -4.37. The fourth-order valence-electron chi connectivity index (χ4n) is 1.66. The van der Waals surface area contributed by atoms with Crippen molar-refractivity contribution in [2.45, 2.75) is 32.5 Å². The molecule has 1 aromatic heterocycles. The maximum Gasteiger partial charge on any atom is 0.416 e. The van der Waals surface area contributed by atoms with Crippen molar-refractivity contribution >= 4 is 23.4 Å². The van der Waals surface area contributed by atoms with Crippen LogP contribution in [0.3, 0.4) is 0 Å². The van der Waals surface area contributed by atoms with Crippen molar-refractivity contribution in [3.8, 4) is 0 Å². The van der Waals surface area contributed by atoms with E-state index in [-0.39, 0.29) is 17.7 Å². The van der Waals surface area contributed by atoms with E-state index in [0.29, 0.717) is 6.54 Å². The number of anilines is 2. The number of alkyl halides is 3. The molecule has 3 nitrogen and oxygen atoms in total. The van der Waals surface area contributed by atoms with Crippen LogP contribution in [0.25, 0.3) is 0 Å². The summed E-state index contributed by atoms with van der Waals surface area (Å²) in [6.07, 6.45) is -1.50. The number of hydrogen-bond donors (Lipinski definition) is 2. The van der Waals surface area contributed by atoms with Gasteiger partial charge in [0.15, 0.2) is 0 Å². The minimum Gasteiger partial charge on any atom is -0.370 e. The molecule has 0 aliphatic carbocycles. The number of rotatable bonds is 7. The van der Waals surface area contributed by atoms with Crippen LogP contribution < -0.4 is 10.6 Å². The van der Waals surface area contributed by atoms with E-state index in [9.17, 15) is 13.2 Å². The molecule has 0 spiro atoms. The van der Waals surface area contributed by atoms with Gasteiger partial charge in [0.1, 0.15) is 11.6 Å². The first-order valence-electron chi connectivity index (χ1n) is 6.45. The second-order valence-electron chi connectivity index (χ2n) is 4.48. The molecular formula is C13H20F3N3S. The van der Waals surface area contributed by atoms with Crippen LogP contribution in [0.1, 0.15) is 25.8 Å². The standard InChI is InChI=1S/C13H20F3N3S/c1-4-17-11-7-10(13(14,15)16)8-12(19-11)18-9(2)5-6-20-3/h7-9H,4-6H2,1-3H3,(H2,17,18,19). The van der Waals surface area contributed by atoms with Crippen LogP contribution in [0.15, 0.2) is 12.1 Å². The highest BCUT2D eigenvalue weighted by atomic mass is 32.2. The molecule has 0 bridgehead atoms. The molecular weight excluding hydrogens is 287 g/mol. The van der Waals surface area contributed by atoms with Gasteiger partial charge >= 0.3 is 6.18 Å². The van der Waals surface area contributed by atoms with E-state index in [2.05, 4.69) is 15.6 Å². The number of pyridine rings is 1. The normalized spacial score (nSPS) is 13.1. The summed E-state index contributed by atoms with van der Waals surface area (Å²) in [7, 11) is 0. The lowest BCUT2D eigenvalue weighted by molar-refractivity contribution is -0.137. The number of nitrogens with zero attached hydrogens (tertiary/aromatic N) is 1. The molecule has 0 saturated carbocycles.